The molecule has 0 saturated carbocycles. The summed E-state index contributed by atoms with van der Waals surface area (Å²) in [5.41, 5.74) is 2.34. The molecule has 0 aromatic heterocycles. The van der Waals surface area contributed by atoms with Crippen LogP contribution >= 0.6 is 0 Å². The van der Waals surface area contributed by atoms with Crippen LogP contribution in [-0.2, 0) is 11.2 Å². The molecule has 0 bridgehead atoms. The van der Waals surface area contributed by atoms with Crippen LogP contribution in [0.4, 0.5) is 0 Å². The number of aryl methyl sites for hydroxylation is 1. The fourth-order valence-electron chi connectivity index (χ4n) is 2.33. The number of hydrogen-bond donors (Lipinski definition) is 0. The highest BCUT2D eigenvalue weighted by molar-refractivity contribution is 5.95. The van der Waals surface area contributed by atoms with Gasteiger partial charge in [0.25, 0.3) is 0 Å². The average Bonchev–Trinajstić information content (AvgIpc) is 2.66. The van der Waals surface area contributed by atoms with Crippen molar-refractivity contribution in [3.63, 3.8) is 0 Å². The molecule has 1 aromatic rings. The summed E-state index contributed by atoms with van der Waals surface area (Å²) < 4.78 is 0. The van der Waals surface area contributed by atoms with Crippen LogP contribution in [0.5, 0.6) is 0 Å². The fourth-order valence-corrected chi connectivity index (χ4v) is 2.33. The lowest BCUT2D eigenvalue weighted by atomic mass is 10.00. The van der Waals surface area contributed by atoms with E-state index in [1.165, 1.54) is 24.8 Å². The second kappa shape index (κ2) is 6.39. The molecule has 0 N–H and O–H groups in total. The van der Waals surface area contributed by atoms with Crippen LogP contribution in [0, 0.1) is 0 Å². The summed E-state index contributed by atoms with van der Waals surface area (Å²) in [7, 11) is 0. The molecule has 90 valence electrons. The van der Waals surface area contributed by atoms with Crippen molar-refractivity contribution >= 4 is 5.78 Å². The Kier molecular flexibility index (Phi) is 4.54. The number of ketones is 1. The minimum Gasteiger partial charge on any atom is -0.295 e. The summed E-state index contributed by atoms with van der Waals surface area (Å²) in [6, 6.07) is 10.3. The molecule has 0 saturated heterocycles. The van der Waals surface area contributed by atoms with Gasteiger partial charge in [0.1, 0.15) is 0 Å². The summed E-state index contributed by atoms with van der Waals surface area (Å²) in [5, 5.41) is 0. The molecule has 0 heterocycles. The molecule has 1 heteroatoms. The van der Waals surface area contributed by atoms with Gasteiger partial charge in [-0.1, -0.05) is 42.8 Å². The van der Waals surface area contributed by atoms with Gasteiger partial charge in [-0.25, -0.2) is 0 Å². The van der Waals surface area contributed by atoms with Crippen molar-refractivity contribution in [1.29, 1.82) is 0 Å². The monoisotopic (exact) mass is 228 g/mol. The van der Waals surface area contributed by atoms with Crippen molar-refractivity contribution in [2.45, 2.75) is 44.9 Å². The highest BCUT2D eigenvalue weighted by Crippen LogP contribution is 2.19. The van der Waals surface area contributed by atoms with Crippen LogP contribution < -0.4 is 0 Å². The Morgan fingerprint density at radius 2 is 1.88 bits per heavy atom. The molecule has 0 fully saturated rings. The first-order chi connectivity index (χ1) is 8.36. The Hall–Kier alpha value is -1.37. The van der Waals surface area contributed by atoms with Crippen molar-refractivity contribution in [2.75, 3.05) is 0 Å². The Morgan fingerprint density at radius 3 is 2.71 bits per heavy atom. The van der Waals surface area contributed by atoms with E-state index in [-0.39, 0.29) is 0 Å². The number of hydrogen-bond acceptors (Lipinski definition) is 1. The van der Waals surface area contributed by atoms with Gasteiger partial charge < -0.3 is 0 Å². The lowest BCUT2D eigenvalue weighted by Gasteiger charge is -2.04. The predicted molar refractivity (Wildman–Crippen MR) is 70.9 cm³/mol. The first-order valence-electron chi connectivity index (χ1n) is 6.62. The predicted octanol–water partition coefficient (Wildman–Crippen LogP) is 4.08. The maximum Gasteiger partial charge on any atom is 0.158 e. The molecule has 0 spiro atoms. The summed E-state index contributed by atoms with van der Waals surface area (Å²) in [6.45, 7) is 0. The number of allylic oxidation sites excluding steroid dienone is 2. The van der Waals surface area contributed by atoms with E-state index in [9.17, 15) is 4.79 Å². The zero-order valence-electron chi connectivity index (χ0n) is 10.3. The SMILES string of the molecule is O=C(CCc1ccccc1)C1=CCCCCC1. The molecule has 1 nitrogen and oxygen atoms in total. The van der Waals surface area contributed by atoms with E-state index in [1.54, 1.807) is 0 Å². The molecule has 0 unspecified atom stereocenters. The molecular weight excluding hydrogens is 208 g/mol. The second-order valence-corrected chi connectivity index (χ2v) is 4.74. The van der Waals surface area contributed by atoms with Crippen LogP contribution in [0.15, 0.2) is 42.0 Å². The van der Waals surface area contributed by atoms with Gasteiger partial charge in [-0.2, -0.15) is 0 Å². The first kappa shape index (κ1) is 12.1. The Balaban J connectivity index is 1.86. The second-order valence-electron chi connectivity index (χ2n) is 4.74. The Labute approximate surface area is 104 Å². The molecular formula is C16H20O. The normalized spacial score (nSPS) is 16.1. The number of carbonyl (C=O) groups is 1. The third kappa shape index (κ3) is 3.85. The number of Topliss-reactive ketones (excluding diaryl/α,β-unsaturated/α-hetero) is 1. The lowest BCUT2D eigenvalue weighted by molar-refractivity contribution is -0.115. The zero-order valence-corrected chi connectivity index (χ0v) is 10.3. The summed E-state index contributed by atoms with van der Waals surface area (Å²) in [4.78, 5) is 12.1. The van der Waals surface area contributed by atoms with Crippen molar-refractivity contribution in [2.24, 2.45) is 0 Å². The van der Waals surface area contributed by atoms with E-state index in [4.69, 9.17) is 0 Å². The maximum absolute atomic E-state index is 12.1. The van der Waals surface area contributed by atoms with E-state index >= 15 is 0 Å². The summed E-state index contributed by atoms with van der Waals surface area (Å²) >= 11 is 0. The highest BCUT2D eigenvalue weighted by Gasteiger charge is 2.11. The largest absolute Gasteiger partial charge is 0.295 e. The number of carbonyl (C=O) groups excluding carboxylic acids is 1. The first-order valence-corrected chi connectivity index (χ1v) is 6.62. The molecule has 1 aliphatic rings. The molecule has 2 rings (SSSR count). The van der Waals surface area contributed by atoms with Crippen molar-refractivity contribution < 1.29 is 4.79 Å². The third-order valence-electron chi connectivity index (χ3n) is 3.38. The van der Waals surface area contributed by atoms with E-state index in [2.05, 4.69) is 18.2 Å². The van der Waals surface area contributed by atoms with E-state index < -0.39 is 0 Å². The van der Waals surface area contributed by atoms with Crippen LogP contribution in [0.3, 0.4) is 0 Å². The van der Waals surface area contributed by atoms with E-state index in [0.29, 0.717) is 12.2 Å². The van der Waals surface area contributed by atoms with Gasteiger partial charge in [-0.15, -0.1) is 0 Å². The summed E-state index contributed by atoms with van der Waals surface area (Å²) in [6.07, 6.45) is 9.48. The minimum absolute atomic E-state index is 0.357. The Bertz CT molecular complexity index is 389. The van der Waals surface area contributed by atoms with Gasteiger partial charge in [0, 0.05) is 6.42 Å². The van der Waals surface area contributed by atoms with Gasteiger partial charge >= 0.3 is 0 Å². The van der Waals surface area contributed by atoms with Crippen LogP contribution in [0.25, 0.3) is 0 Å². The molecule has 17 heavy (non-hydrogen) atoms. The number of benzene rings is 1. The minimum atomic E-state index is 0.357. The topological polar surface area (TPSA) is 17.1 Å². The third-order valence-corrected chi connectivity index (χ3v) is 3.38. The standard InChI is InChI=1S/C16H20O/c17-16(15-10-6-1-2-7-11-15)13-12-14-8-4-3-5-9-14/h3-5,8-10H,1-2,6-7,11-13H2. The zero-order chi connectivity index (χ0) is 11.9. The number of rotatable bonds is 4. The van der Waals surface area contributed by atoms with Crippen molar-refractivity contribution in [1.82, 2.24) is 0 Å². The van der Waals surface area contributed by atoms with Crippen LogP contribution in [0.1, 0.15) is 44.1 Å². The van der Waals surface area contributed by atoms with Gasteiger partial charge in [0.2, 0.25) is 0 Å². The fraction of sp³-hybridized carbons (Fsp3) is 0.438. The highest BCUT2D eigenvalue weighted by atomic mass is 16.1. The van der Waals surface area contributed by atoms with Crippen LogP contribution in [0.2, 0.25) is 0 Å². The molecule has 0 amide bonds. The molecule has 0 radical (unpaired) electrons. The van der Waals surface area contributed by atoms with E-state index in [0.717, 1.165) is 24.8 Å². The quantitative estimate of drug-likeness (QED) is 0.759. The van der Waals surface area contributed by atoms with E-state index in [1.807, 2.05) is 18.2 Å². The van der Waals surface area contributed by atoms with Crippen molar-refractivity contribution in [3.8, 4) is 0 Å². The average molecular weight is 228 g/mol. The van der Waals surface area contributed by atoms with Crippen LogP contribution in [-0.4, -0.2) is 5.78 Å². The van der Waals surface area contributed by atoms with Gasteiger partial charge in [0.05, 0.1) is 0 Å². The summed E-state index contributed by atoms with van der Waals surface area (Å²) in [5.74, 6) is 0.357. The maximum atomic E-state index is 12.1. The lowest BCUT2D eigenvalue weighted by Crippen LogP contribution is -2.04. The molecule has 0 aliphatic heterocycles. The smallest absolute Gasteiger partial charge is 0.158 e. The molecule has 1 aliphatic carbocycles. The van der Waals surface area contributed by atoms with Gasteiger partial charge in [-0.05, 0) is 43.2 Å². The Morgan fingerprint density at radius 1 is 1.06 bits per heavy atom. The molecule has 1 aromatic carbocycles. The molecule has 0 atom stereocenters. The van der Waals surface area contributed by atoms with Gasteiger partial charge in [0.15, 0.2) is 5.78 Å². The van der Waals surface area contributed by atoms with Crippen molar-refractivity contribution in [3.05, 3.63) is 47.5 Å². The van der Waals surface area contributed by atoms with Gasteiger partial charge in [-0.3, -0.25) is 4.79 Å².